The van der Waals surface area contributed by atoms with E-state index < -0.39 is 0 Å². The first-order chi connectivity index (χ1) is 9.75. The summed E-state index contributed by atoms with van der Waals surface area (Å²) in [6, 6.07) is 16.5. The molecular formula is C16H12ClN2S+. The van der Waals surface area contributed by atoms with Gasteiger partial charge < -0.3 is 0 Å². The van der Waals surface area contributed by atoms with Gasteiger partial charge in [0.05, 0.1) is 7.05 Å². The number of thiazole rings is 1. The van der Waals surface area contributed by atoms with Gasteiger partial charge >= 0.3 is 4.96 Å². The van der Waals surface area contributed by atoms with Gasteiger partial charge in [0.15, 0.2) is 16.7 Å². The standard InChI is InChI=1S/C16H12ClN2S/c1-18-13-4-2-3-5-14(13)19-15(10-20-16(18)19)11-6-8-12(17)9-7-11/h2-10H,1H3/q+1. The molecule has 0 bridgehead atoms. The van der Waals surface area contributed by atoms with Crippen LogP contribution in [-0.4, -0.2) is 4.40 Å². The van der Waals surface area contributed by atoms with Crippen LogP contribution in [0, 0.1) is 0 Å². The van der Waals surface area contributed by atoms with E-state index in [1.807, 2.05) is 12.1 Å². The van der Waals surface area contributed by atoms with Crippen molar-refractivity contribution in [3.05, 3.63) is 58.9 Å². The molecule has 0 saturated carbocycles. The summed E-state index contributed by atoms with van der Waals surface area (Å²) in [7, 11) is 2.11. The van der Waals surface area contributed by atoms with Crippen LogP contribution in [0.2, 0.25) is 5.02 Å². The molecule has 0 aliphatic heterocycles. The van der Waals surface area contributed by atoms with Crippen LogP contribution in [0.1, 0.15) is 0 Å². The largest absolute Gasteiger partial charge is 0.346 e. The van der Waals surface area contributed by atoms with Gasteiger partial charge in [0.2, 0.25) is 0 Å². The number of halogens is 1. The number of benzene rings is 2. The number of fused-ring (bicyclic) bond motifs is 3. The van der Waals surface area contributed by atoms with Gasteiger partial charge in [0, 0.05) is 16.0 Å². The molecule has 20 heavy (non-hydrogen) atoms. The number of hydrogen-bond acceptors (Lipinski definition) is 1. The maximum atomic E-state index is 5.98. The Morgan fingerprint density at radius 1 is 1.05 bits per heavy atom. The van der Waals surface area contributed by atoms with Gasteiger partial charge in [-0.05, 0) is 36.4 Å². The number of aryl methyl sites for hydroxylation is 1. The van der Waals surface area contributed by atoms with Crippen molar-refractivity contribution in [1.82, 2.24) is 4.40 Å². The van der Waals surface area contributed by atoms with Crippen molar-refractivity contribution in [3.8, 4) is 11.3 Å². The first-order valence-corrected chi connectivity index (χ1v) is 7.64. The predicted octanol–water partition coefficient (Wildman–Crippen LogP) is 4.30. The van der Waals surface area contributed by atoms with Crippen molar-refractivity contribution in [3.63, 3.8) is 0 Å². The Morgan fingerprint density at radius 3 is 2.60 bits per heavy atom. The zero-order valence-corrected chi connectivity index (χ0v) is 12.4. The summed E-state index contributed by atoms with van der Waals surface area (Å²) in [5, 5.41) is 2.97. The SMILES string of the molecule is C[n+]1c2ccccc2n2c(-c3ccc(Cl)cc3)csc21. The number of nitrogens with zero attached hydrogens (tertiary/aromatic N) is 2. The number of rotatable bonds is 1. The lowest BCUT2D eigenvalue weighted by atomic mass is 10.2. The van der Waals surface area contributed by atoms with Gasteiger partial charge in [0.1, 0.15) is 0 Å². The van der Waals surface area contributed by atoms with Gasteiger partial charge in [-0.1, -0.05) is 35.1 Å². The van der Waals surface area contributed by atoms with Gasteiger partial charge in [-0.15, -0.1) is 0 Å². The molecule has 0 atom stereocenters. The van der Waals surface area contributed by atoms with Crippen molar-refractivity contribution in [2.75, 3.05) is 0 Å². The Morgan fingerprint density at radius 2 is 1.80 bits per heavy atom. The minimum atomic E-state index is 0.767. The Hall–Kier alpha value is -1.84. The van der Waals surface area contributed by atoms with E-state index in [1.54, 1.807) is 11.3 Å². The molecule has 0 aliphatic rings. The van der Waals surface area contributed by atoms with E-state index in [0.717, 1.165) is 5.02 Å². The minimum Gasteiger partial charge on any atom is -0.216 e. The van der Waals surface area contributed by atoms with E-state index in [2.05, 4.69) is 57.8 Å². The van der Waals surface area contributed by atoms with Gasteiger partial charge in [-0.25, -0.2) is 4.57 Å². The normalized spacial score (nSPS) is 11.5. The highest BCUT2D eigenvalue weighted by Crippen LogP contribution is 2.29. The van der Waals surface area contributed by atoms with Crippen LogP contribution in [0.15, 0.2) is 53.9 Å². The Balaban J connectivity index is 2.10. The number of para-hydroxylation sites is 2. The monoisotopic (exact) mass is 299 g/mol. The van der Waals surface area contributed by atoms with E-state index in [9.17, 15) is 0 Å². The molecule has 0 amide bonds. The second-order valence-electron chi connectivity index (χ2n) is 4.79. The maximum Gasteiger partial charge on any atom is 0.346 e. The van der Waals surface area contributed by atoms with Gasteiger partial charge in [-0.3, -0.25) is 0 Å². The summed E-state index contributed by atoms with van der Waals surface area (Å²) < 4.78 is 4.54. The van der Waals surface area contributed by atoms with Crippen molar-refractivity contribution >= 4 is 38.9 Å². The van der Waals surface area contributed by atoms with Crippen molar-refractivity contribution in [1.29, 1.82) is 0 Å². The first-order valence-electron chi connectivity index (χ1n) is 6.38. The van der Waals surface area contributed by atoms with E-state index in [4.69, 9.17) is 11.6 Å². The molecule has 0 N–H and O–H groups in total. The van der Waals surface area contributed by atoms with E-state index in [-0.39, 0.29) is 0 Å². The van der Waals surface area contributed by atoms with E-state index >= 15 is 0 Å². The summed E-state index contributed by atoms with van der Waals surface area (Å²) in [6.45, 7) is 0. The second kappa shape index (κ2) is 4.33. The average Bonchev–Trinajstić information content (AvgIpc) is 3.02. The lowest BCUT2D eigenvalue weighted by molar-refractivity contribution is -0.616. The third-order valence-electron chi connectivity index (χ3n) is 3.62. The summed E-state index contributed by atoms with van der Waals surface area (Å²) in [4.78, 5) is 1.23. The minimum absolute atomic E-state index is 0.767. The predicted molar refractivity (Wildman–Crippen MR) is 84.4 cm³/mol. The maximum absolute atomic E-state index is 5.98. The van der Waals surface area contributed by atoms with Crippen LogP contribution in [0.5, 0.6) is 0 Å². The summed E-state index contributed by atoms with van der Waals surface area (Å²) >= 11 is 7.74. The van der Waals surface area contributed by atoms with Crippen LogP contribution in [0.3, 0.4) is 0 Å². The molecule has 2 aromatic heterocycles. The second-order valence-corrected chi connectivity index (χ2v) is 6.07. The molecule has 0 fully saturated rings. The molecule has 98 valence electrons. The molecule has 4 rings (SSSR count). The lowest BCUT2D eigenvalue weighted by Crippen LogP contribution is -2.25. The van der Waals surface area contributed by atoms with Crippen LogP contribution in [-0.2, 0) is 7.05 Å². The smallest absolute Gasteiger partial charge is 0.216 e. The average molecular weight is 300 g/mol. The molecule has 0 unspecified atom stereocenters. The quantitative estimate of drug-likeness (QED) is 0.463. The van der Waals surface area contributed by atoms with Crippen molar-refractivity contribution in [2.45, 2.75) is 0 Å². The third kappa shape index (κ3) is 1.60. The van der Waals surface area contributed by atoms with Gasteiger partial charge in [-0.2, -0.15) is 4.40 Å². The Labute approximate surface area is 125 Å². The molecule has 0 spiro atoms. The molecule has 2 heterocycles. The summed E-state index contributed by atoms with van der Waals surface area (Å²) in [5.41, 5.74) is 4.87. The molecule has 2 aromatic carbocycles. The molecule has 4 aromatic rings. The summed E-state index contributed by atoms with van der Waals surface area (Å²) in [6.07, 6.45) is 0. The fraction of sp³-hybridized carbons (Fsp3) is 0.0625. The molecule has 0 saturated heterocycles. The zero-order valence-electron chi connectivity index (χ0n) is 10.9. The number of imidazole rings is 1. The lowest BCUT2D eigenvalue weighted by Gasteiger charge is -1.96. The molecular weight excluding hydrogens is 288 g/mol. The van der Waals surface area contributed by atoms with Crippen molar-refractivity contribution in [2.24, 2.45) is 7.05 Å². The topological polar surface area (TPSA) is 8.29 Å². The summed E-state index contributed by atoms with van der Waals surface area (Å²) in [5.74, 6) is 0. The number of aromatic nitrogens is 2. The van der Waals surface area contributed by atoms with Crippen molar-refractivity contribution < 1.29 is 4.57 Å². The third-order valence-corrected chi connectivity index (χ3v) is 4.88. The molecule has 4 heteroatoms. The van der Waals surface area contributed by atoms with Crippen LogP contribution in [0.4, 0.5) is 0 Å². The molecule has 2 nitrogen and oxygen atoms in total. The highest BCUT2D eigenvalue weighted by Gasteiger charge is 2.22. The van der Waals surface area contributed by atoms with Crippen LogP contribution < -0.4 is 4.57 Å². The Bertz CT molecular complexity index is 919. The Kier molecular flexibility index (Phi) is 2.59. The first kappa shape index (κ1) is 11.9. The fourth-order valence-corrected chi connectivity index (χ4v) is 3.78. The molecule has 0 aliphatic carbocycles. The van der Waals surface area contributed by atoms with Crippen LogP contribution in [0.25, 0.3) is 27.3 Å². The van der Waals surface area contributed by atoms with Gasteiger partial charge in [0.25, 0.3) is 0 Å². The van der Waals surface area contributed by atoms with Crippen LogP contribution >= 0.6 is 22.9 Å². The zero-order chi connectivity index (χ0) is 13.7. The fourth-order valence-electron chi connectivity index (χ4n) is 2.64. The number of hydrogen-bond donors (Lipinski definition) is 0. The molecule has 0 radical (unpaired) electrons. The van der Waals surface area contributed by atoms with E-state index in [0.29, 0.717) is 0 Å². The highest BCUT2D eigenvalue weighted by atomic mass is 35.5. The highest BCUT2D eigenvalue weighted by molar-refractivity contribution is 7.15. The van der Waals surface area contributed by atoms with E-state index in [1.165, 1.54) is 27.3 Å².